The van der Waals surface area contributed by atoms with Gasteiger partial charge in [0.15, 0.2) is 0 Å². The lowest BCUT2D eigenvalue weighted by molar-refractivity contribution is -0.148. The molecule has 0 aliphatic carbocycles. The molecule has 38 heavy (non-hydrogen) atoms. The third-order valence-electron chi connectivity index (χ3n) is 6.62. The summed E-state index contributed by atoms with van der Waals surface area (Å²) in [6.07, 6.45) is 2.23. The van der Waals surface area contributed by atoms with Crippen molar-refractivity contribution < 1.29 is 23.9 Å². The number of hydrogen-bond donors (Lipinski definition) is 1. The van der Waals surface area contributed by atoms with E-state index in [1.54, 1.807) is 6.92 Å². The molecular formula is C31H34N2O5. The molecule has 4 rings (SSSR count). The number of aryl methyl sites for hydroxylation is 2. The predicted molar refractivity (Wildman–Crippen MR) is 145 cm³/mol. The van der Waals surface area contributed by atoms with Crippen molar-refractivity contribution in [1.29, 1.82) is 0 Å². The zero-order valence-corrected chi connectivity index (χ0v) is 21.7. The molecule has 0 aromatic heterocycles. The third-order valence-corrected chi connectivity index (χ3v) is 6.62. The molecule has 0 radical (unpaired) electrons. The van der Waals surface area contributed by atoms with Crippen molar-refractivity contribution in [2.75, 3.05) is 18.1 Å². The topological polar surface area (TPSA) is 84.9 Å². The highest BCUT2D eigenvalue weighted by Crippen LogP contribution is 2.27. The third kappa shape index (κ3) is 7.29. The number of nitrogens with one attached hydrogen (secondary N) is 1. The second kappa shape index (κ2) is 13.5. The Morgan fingerprint density at radius 2 is 1.58 bits per heavy atom. The Morgan fingerprint density at radius 1 is 0.921 bits per heavy atom. The van der Waals surface area contributed by atoms with Crippen LogP contribution in [0.2, 0.25) is 0 Å². The van der Waals surface area contributed by atoms with Crippen molar-refractivity contribution in [1.82, 2.24) is 5.32 Å². The van der Waals surface area contributed by atoms with Crippen LogP contribution in [-0.4, -0.2) is 43.1 Å². The Hall–Kier alpha value is -3.97. The number of carbonyl (C=O) groups excluding carboxylic acids is 3. The van der Waals surface area contributed by atoms with Gasteiger partial charge in [0.25, 0.3) is 0 Å². The van der Waals surface area contributed by atoms with Crippen LogP contribution in [0.3, 0.4) is 0 Å². The van der Waals surface area contributed by atoms with Gasteiger partial charge in [0.05, 0.1) is 12.6 Å². The van der Waals surface area contributed by atoms with Gasteiger partial charge in [0, 0.05) is 5.69 Å². The van der Waals surface area contributed by atoms with Crippen molar-refractivity contribution in [3.05, 3.63) is 102 Å². The maximum Gasteiger partial charge on any atom is 0.326 e. The van der Waals surface area contributed by atoms with Gasteiger partial charge in [-0.2, -0.15) is 0 Å². The average molecular weight is 515 g/mol. The molecule has 1 amide bonds. The Kier molecular flexibility index (Phi) is 9.65. The van der Waals surface area contributed by atoms with Crippen molar-refractivity contribution in [3.8, 4) is 0 Å². The van der Waals surface area contributed by atoms with Crippen molar-refractivity contribution in [2.24, 2.45) is 0 Å². The molecule has 3 aromatic rings. The SMILES string of the molecule is CCOC(=O)CN1C(=O)C(NC(CCc2ccccc2)C(=O)OCc2ccccc2)CCc2ccccc21. The quantitative estimate of drug-likeness (QED) is 0.386. The molecule has 198 valence electrons. The number of hydrogen-bond acceptors (Lipinski definition) is 6. The molecule has 1 N–H and O–H groups in total. The number of anilines is 1. The van der Waals surface area contributed by atoms with Gasteiger partial charge < -0.3 is 9.47 Å². The van der Waals surface area contributed by atoms with Crippen LogP contribution >= 0.6 is 0 Å². The largest absolute Gasteiger partial charge is 0.465 e. The Labute approximate surface area is 223 Å². The summed E-state index contributed by atoms with van der Waals surface area (Å²) in [7, 11) is 0. The molecule has 1 aliphatic heterocycles. The highest BCUT2D eigenvalue weighted by molar-refractivity contribution is 6.02. The lowest BCUT2D eigenvalue weighted by Gasteiger charge is -2.28. The monoisotopic (exact) mass is 514 g/mol. The van der Waals surface area contributed by atoms with Crippen LogP contribution in [0.1, 0.15) is 36.5 Å². The summed E-state index contributed by atoms with van der Waals surface area (Å²) in [6, 6.07) is 25.6. The van der Waals surface area contributed by atoms with Gasteiger partial charge >= 0.3 is 11.9 Å². The van der Waals surface area contributed by atoms with Crippen LogP contribution < -0.4 is 10.2 Å². The van der Waals surface area contributed by atoms with Crippen LogP contribution in [0, 0.1) is 0 Å². The summed E-state index contributed by atoms with van der Waals surface area (Å²) in [5.74, 6) is -1.14. The molecular weight excluding hydrogens is 480 g/mol. The van der Waals surface area contributed by atoms with Gasteiger partial charge in [0.2, 0.25) is 5.91 Å². The summed E-state index contributed by atoms with van der Waals surface area (Å²) in [6.45, 7) is 1.94. The zero-order chi connectivity index (χ0) is 26.7. The van der Waals surface area contributed by atoms with Crippen LogP contribution in [0.5, 0.6) is 0 Å². The first-order valence-corrected chi connectivity index (χ1v) is 13.1. The number of carbonyl (C=O) groups is 3. The van der Waals surface area contributed by atoms with Crippen molar-refractivity contribution >= 4 is 23.5 Å². The fraction of sp³-hybridized carbons (Fsp3) is 0.323. The fourth-order valence-electron chi connectivity index (χ4n) is 4.67. The average Bonchev–Trinajstić information content (AvgIpc) is 3.07. The van der Waals surface area contributed by atoms with E-state index in [0.717, 1.165) is 16.7 Å². The molecule has 0 fully saturated rings. The highest BCUT2D eigenvalue weighted by atomic mass is 16.5. The Bertz CT molecular complexity index is 1220. The van der Waals surface area contributed by atoms with Gasteiger partial charge in [-0.25, -0.2) is 0 Å². The fourth-order valence-corrected chi connectivity index (χ4v) is 4.67. The molecule has 0 bridgehead atoms. The van der Waals surface area contributed by atoms with Crippen LogP contribution in [0.4, 0.5) is 5.69 Å². The molecule has 0 saturated carbocycles. The molecule has 2 unspecified atom stereocenters. The molecule has 0 spiro atoms. The van der Waals surface area contributed by atoms with E-state index < -0.39 is 24.0 Å². The number of benzene rings is 3. The smallest absolute Gasteiger partial charge is 0.326 e. The van der Waals surface area contributed by atoms with Gasteiger partial charge in [-0.1, -0.05) is 78.9 Å². The maximum absolute atomic E-state index is 13.8. The molecule has 1 aliphatic rings. The Balaban J connectivity index is 1.53. The minimum absolute atomic E-state index is 0.155. The van der Waals surface area contributed by atoms with E-state index >= 15 is 0 Å². The van der Waals surface area contributed by atoms with Crippen LogP contribution in [-0.2, 0) is 43.3 Å². The van der Waals surface area contributed by atoms with E-state index in [4.69, 9.17) is 9.47 Å². The maximum atomic E-state index is 13.8. The molecule has 7 heteroatoms. The number of fused-ring (bicyclic) bond motifs is 1. The standard InChI is InChI=1S/C31H34N2O5/c1-2-37-29(34)21-33-28-16-10-9-15-25(28)18-20-26(30(33)35)32-27(19-17-23-11-5-3-6-12-23)31(36)38-22-24-13-7-4-8-14-24/h3-16,26-27,32H,2,17-22H2,1H3. The molecule has 7 nitrogen and oxygen atoms in total. The normalized spacial score (nSPS) is 15.8. The van der Waals surface area contributed by atoms with Gasteiger partial charge in [0.1, 0.15) is 19.2 Å². The van der Waals surface area contributed by atoms with E-state index in [1.807, 2.05) is 84.9 Å². The summed E-state index contributed by atoms with van der Waals surface area (Å²) in [5, 5.41) is 3.30. The van der Waals surface area contributed by atoms with Crippen molar-refractivity contribution in [2.45, 2.75) is 51.3 Å². The summed E-state index contributed by atoms with van der Waals surface area (Å²) in [5.41, 5.74) is 3.66. The number of nitrogens with zero attached hydrogens (tertiary/aromatic N) is 1. The summed E-state index contributed by atoms with van der Waals surface area (Å²) >= 11 is 0. The van der Waals surface area contributed by atoms with E-state index in [1.165, 1.54) is 4.90 Å². The van der Waals surface area contributed by atoms with Crippen LogP contribution in [0.15, 0.2) is 84.9 Å². The van der Waals surface area contributed by atoms with Gasteiger partial charge in [-0.05, 0) is 55.4 Å². The Morgan fingerprint density at radius 3 is 2.29 bits per heavy atom. The second-order valence-corrected chi connectivity index (χ2v) is 9.29. The minimum atomic E-state index is -0.696. The number of esters is 2. The highest BCUT2D eigenvalue weighted by Gasteiger charge is 2.34. The van der Waals surface area contributed by atoms with Gasteiger partial charge in [-0.15, -0.1) is 0 Å². The second-order valence-electron chi connectivity index (χ2n) is 9.29. The molecule has 0 saturated heterocycles. The summed E-state index contributed by atoms with van der Waals surface area (Å²) in [4.78, 5) is 40.9. The number of rotatable bonds is 11. The first kappa shape index (κ1) is 27.1. The predicted octanol–water partition coefficient (Wildman–Crippen LogP) is 4.23. The number of ether oxygens (including phenoxy) is 2. The summed E-state index contributed by atoms with van der Waals surface area (Å²) < 4.78 is 10.8. The molecule has 3 aromatic carbocycles. The van der Waals surface area contributed by atoms with E-state index in [0.29, 0.717) is 31.4 Å². The lowest BCUT2D eigenvalue weighted by atomic mass is 10.0. The van der Waals surface area contributed by atoms with E-state index in [9.17, 15) is 14.4 Å². The van der Waals surface area contributed by atoms with E-state index in [-0.39, 0.29) is 25.7 Å². The number of para-hydroxylation sites is 1. The minimum Gasteiger partial charge on any atom is -0.465 e. The number of amides is 1. The zero-order valence-electron chi connectivity index (χ0n) is 21.7. The van der Waals surface area contributed by atoms with Crippen LogP contribution in [0.25, 0.3) is 0 Å². The first-order valence-electron chi connectivity index (χ1n) is 13.1. The van der Waals surface area contributed by atoms with Gasteiger partial charge in [-0.3, -0.25) is 24.6 Å². The first-order chi connectivity index (χ1) is 18.5. The lowest BCUT2D eigenvalue weighted by Crippen LogP contribution is -2.53. The molecule has 2 atom stereocenters. The van der Waals surface area contributed by atoms with Crippen molar-refractivity contribution in [3.63, 3.8) is 0 Å². The van der Waals surface area contributed by atoms with E-state index in [2.05, 4.69) is 5.32 Å². The molecule has 1 heterocycles.